The molecule has 2 aromatic heterocycles. The van der Waals surface area contributed by atoms with E-state index in [4.69, 9.17) is 0 Å². The molecular weight excluding hydrogens is 417 g/mol. The summed E-state index contributed by atoms with van der Waals surface area (Å²) < 4.78 is 39.5. The second kappa shape index (κ2) is 7.32. The fourth-order valence-electron chi connectivity index (χ4n) is 3.11. The molecule has 29 heavy (non-hydrogen) atoms. The SMILES string of the molecule is Cn1nc(-c2ccc(F)cc2)cc1C(=O)Nc1nc2c(s1)CN(S(C)(=O)=O)CC2. The number of fused-ring (bicyclic) bond motifs is 1. The molecule has 8 nitrogen and oxygen atoms in total. The van der Waals surface area contributed by atoms with Crippen LogP contribution in [0, 0.1) is 5.82 Å². The minimum absolute atomic E-state index is 0.266. The minimum Gasteiger partial charge on any atom is -0.296 e. The van der Waals surface area contributed by atoms with Crippen LogP contribution in [0.3, 0.4) is 0 Å². The summed E-state index contributed by atoms with van der Waals surface area (Å²) in [6.07, 6.45) is 1.69. The molecule has 1 aliphatic rings. The summed E-state index contributed by atoms with van der Waals surface area (Å²) in [4.78, 5) is 18.0. The average Bonchev–Trinajstić information content (AvgIpc) is 3.23. The van der Waals surface area contributed by atoms with Crippen molar-refractivity contribution in [2.75, 3.05) is 18.1 Å². The highest BCUT2D eigenvalue weighted by Gasteiger charge is 2.27. The van der Waals surface area contributed by atoms with Crippen molar-refractivity contribution in [2.45, 2.75) is 13.0 Å². The first-order valence-corrected chi connectivity index (χ1v) is 11.4. The molecule has 0 saturated carbocycles. The number of rotatable bonds is 4. The van der Waals surface area contributed by atoms with Crippen LogP contribution in [0.1, 0.15) is 21.1 Å². The number of nitrogens with one attached hydrogen (secondary N) is 1. The van der Waals surface area contributed by atoms with Crippen molar-refractivity contribution in [1.82, 2.24) is 19.1 Å². The molecule has 0 bridgehead atoms. The van der Waals surface area contributed by atoms with Crippen molar-refractivity contribution >= 4 is 32.4 Å². The minimum atomic E-state index is -3.27. The molecule has 0 fully saturated rings. The highest BCUT2D eigenvalue weighted by Crippen LogP contribution is 2.29. The first kappa shape index (κ1) is 19.7. The lowest BCUT2D eigenvalue weighted by Crippen LogP contribution is -2.34. The van der Waals surface area contributed by atoms with Gasteiger partial charge in [0.1, 0.15) is 11.5 Å². The Balaban J connectivity index is 1.52. The van der Waals surface area contributed by atoms with E-state index in [0.717, 1.165) is 10.6 Å². The van der Waals surface area contributed by atoms with Crippen LogP contribution in [0.5, 0.6) is 0 Å². The predicted molar refractivity (Wildman–Crippen MR) is 108 cm³/mol. The molecule has 4 rings (SSSR count). The van der Waals surface area contributed by atoms with Crippen molar-refractivity contribution in [3.63, 3.8) is 0 Å². The maximum absolute atomic E-state index is 13.1. The largest absolute Gasteiger partial charge is 0.296 e. The Bertz CT molecular complexity index is 1180. The Morgan fingerprint density at radius 1 is 1.28 bits per heavy atom. The number of benzene rings is 1. The standard InChI is InChI=1S/C18H18FN5O3S2/c1-23-15(9-14(22-23)11-3-5-12(19)6-4-11)17(25)21-18-20-13-7-8-24(29(2,26)27)10-16(13)28-18/h3-6,9H,7-8,10H2,1-2H3,(H,20,21,25). The Labute approximate surface area is 171 Å². The molecule has 1 amide bonds. The number of anilines is 1. The van der Waals surface area contributed by atoms with E-state index in [1.165, 1.54) is 38.7 Å². The fourth-order valence-corrected chi connectivity index (χ4v) is 5.00. The van der Waals surface area contributed by atoms with Crippen molar-refractivity contribution in [3.8, 4) is 11.3 Å². The third-order valence-corrected chi connectivity index (χ3v) is 6.89. The lowest BCUT2D eigenvalue weighted by molar-refractivity contribution is 0.101. The van der Waals surface area contributed by atoms with Crippen LogP contribution in [-0.4, -0.2) is 46.2 Å². The number of thiazole rings is 1. The molecule has 0 unspecified atom stereocenters. The van der Waals surface area contributed by atoms with Crippen LogP contribution < -0.4 is 5.32 Å². The van der Waals surface area contributed by atoms with Gasteiger partial charge in [-0.3, -0.25) is 14.8 Å². The van der Waals surface area contributed by atoms with E-state index in [1.54, 1.807) is 25.2 Å². The zero-order valence-corrected chi connectivity index (χ0v) is 17.3. The van der Waals surface area contributed by atoms with Gasteiger partial charge in [0, 0.05) is 37.0 Å². The summed E-state index contributed by atoms with van der Waals surface area (Å²) in [7, 11) is -1.62. The van der Waals surface area contributed by atoms with E-state index in [0.29, 0.717) is 35.0 Å². The number of amides is 1. The number of carbonyl (C=O) groups excluding carboxylic acids is 1. The summed E-state index contributed by atoms with van der Waals surface area (Å²) in [6, 6.07) is 7.50. The highest BCUT2D eigenvalue weighted by atomic mass is 32.2. The maximum atomic E-state index is 13.1. The third kappa shape index (κ3) is 4.07. The molecule has 0 atom stereocenters. The van der Waals surface area contributed by atoms with Gasteiger partial charge < -0.3 is 0 Å². The van der Waals surface area contributed by atoms with Gasteiger partial charge in [-0.1, -0.05) is 0 Å². The molecule has 11 heteroatoms. The summed E-state index contributed by atoms with van der Waals surface area (Å²) in [5.74, 6) is -0.718. The molecule has 0 spiro atoms. The number of aryl methyl sites for hydroxylation is 1. The lowest BCUT2D eigenvalue weighted by Gasteiger charge is -2.23. The molecule has 3 heterocycles. The quantitative estimate of drug-likeness (QED) is 0.678. The normalized spacial score (nSPS) is 14.6. The zero-order chi connectivity index (χ0) is 20.8. The molecule has 1 aliphatic heterocycles. The van der Waals surface area contributed by atoms with Crippen LogP contribution >= 0.6 is 11.3 Å². The number of hydrogen-bond acceptors (Lipinski definition) is 6. The van der Waals surface area contributed by atoms with Crippen molar-refractivity contribution in [3.05, 3.63) is 52.4 Å². The van der Waals surface area contributed by atoms with E-state index in [1.807, 2.05) is 0 Å². The molecule has 1 N–H and O–H groups in total. The second-order valence-electron chi connectivity index (χ2n) is 6.73. The van der Waals surface area contributed by atoms with Crippen molar-refractivity contribution < 1.29 is 17.6 Å². The lowest BCUT2D eigenvalue weighted by atomic mass is 10.1. The van der Waals surface area contributed by atoms with Gasteiger partial charge in [-0.25, -0.2) is 17.8 Å². The van der Waals surface area contributed by atoms with Crippen LogP contribution in [-0.2, 0) is 30.0 Å². The first-order valence-electron chi connectivity index (χ1n) is 8.76. The number of carbonyl (C=O) groups is 1. The van der Waals surface area contributed by atoms with E-state index in [9.17, 15) is 17.6 Å². The van der Waals surface area contributed by atoms with Gasteiger partial charge in [0.2, 0.25) is 10.0 Å². The van der Waals surface area contributed by atoms with Crippen LogP contribution in [0.25, 0.3) is 11.3 Å². The predicted octanol–water partition coefficient (Wildman–Crippen LogP) is 2.25. The van der Waals surface area contributed by atoms with E-state index < -0.39 is 10.0 Å². The fraction of sp³-hybridized carbons (Fsp3) is 0.278. The monoisotopic (exact) mass is 435 g/mol. The molecule has 0 saturated heterocycles. The smallest absolute Gasteiger partial charge is 0.275 e. The first-order chi connectivity index (χ1) is 13.7. The van der Waals surface area contributed by atoms with Gasteiger partial charge in [-0.05, 0) is 30.3 Å². The molecule has 3 aromatic rings. The summed E-state index contributed by atoms with van der Waals surface area (Å²) in [5.41, 5.74) is 2.39. The highest BCUT2D eigenvalue weighted by molar-refractivity contribution is 7.88. The number of halogens is 1. The Morgan fingerprint density at radius 2 is 2.00 bits per heavy atom. The van der Waals surface area contributed by atoms with E-state index in [-0.39, 0.29) is 18.3 Å². The van der Waals surface area contributed by atoms with Crippen LogP contribution in [0.15, 0.2) is 30.3 Å². The summed E-state index contributed by atoms with van der Waals surface area (Å²) in [5, 5.41) is 7.50. The molecular formula is C18H18FN5O3S2. The number of hydrogen-bond donors (Lipinski definition) is 1. The Hall–Kier alpha value is -2.63. The maximum Gasteiger partial charge on any atom is 0.275 e. The topological polar surface area (TPSA) is 97.2 Å². The Kier molecular flexibility index (Phi) is 4.97. The van der Waals surface area contributed by atoms with Gasteiger partial charge in [0.25, 0.3) is 5.91 Å². The van der Waals surface area contributed by atoms with E-state index >= 15 is 0 Å². The van der Waals surface area contributed by atoms with Gasteiger partial charge in [0.15, 0.2) is 5.13 Å². The average molecular weight is 436 g/mol. The third-order valence-electron chi connectivity index (χ3n) is 4.64. The Morgan fingerprint density at radius 3 is 2.69 bits per heavy atom. The number of sulfonamides is 1. The van der Waals surface area contributed by atoms with Gasteiger partial charge in [0.05, 0.1) is 17.6 Å². The number of nitrogens with zero attached hydrogens (tertiary/aromatic N) is 4. The van der Waals surface area contributed by atoms with Crippen molar-refractivity contribution in [1.29, 1.82) is 0 Å². The van der Waals surface area contributed by atoms with Gasteiger partial charge >= 0.3 is 0 Å². The van der Waals surface area contributed by atoms with Gasteiger partial charge in [-0.15, -0.1) is 11.3 Å². The summed E-state index contributed by atoms with van der Waals surface area (Å²) >= 11 is 1.27. The second-order valence-corrected chi connectivity index (χ2v) is 9.80. The van der Waals surface area contributed by atoms with Crippen LogP contribution in [0.2, 0.25) is 0 Å². The van der Waals surface area contributed by atoms with Crippen molar-refractivity contribution in [2.24, 2.45) is 7.05 Å². The van der Waals surface area contributed by atoms with Gasteiger partial charge in [-0.2, -0.15) is 9.40 Å². The van der Waals surface area contributed by atoms with Crippen LogP contribution in [0.4, 0.5) is 9.52 Å². The van der Waals surface area contributed by atoms with E-state index in [2.05, 4.69) is 15.4 Å². The summed E-state index contributed by atoms with van der Waals surface area (Å²) in [6.45, 7) is 0.647. The zero-order valence-electron chi connectivity index (χ0n) is 15.7. The molecule has 1 aromatic carbocycles. The molecule has 152 valence electrons. The number of aromatic nitrogens is 3. The molecule has 0 radical (unpaired) electrons. The molecule has 0 aliphatic carbocycles.